The number of halogens is 4. The van der Waals surface area contributed by atoms with Crippen LogP contribution in [0.3, 0.4) is 0 Å². The standard InChI is InChI=1S/C7H5ClF3NO/c8-5-3-12-2-1-6(5)13-4-7(9,10)11/h1-3H,4H2. The number of aromatic nitrogens is 1. The molecule has 2 nitrogen and oxygen atoms in total. The van der Waals surface area contributed by atoms with Crippen molar-refractivity contribution in [2.24, 2.45) is 0 Å². The van der Waals surface area contributed by atoms with Crippen molar-refractivity contribution >= 4 is 11.6 Å². The quantitative estimate of drug-likeness (QED) is 0.750. The molecule has 0 N–H and O–H groups in total. The van der Waals surface area contributed by atoms with Crippen molar-refractivity contribution in [3.05, 3.63) is 23.5 Å². The highest BCUT2D eigenvalue weighted by atomic mass is 35.5. The highest BCUT2D eigenvalue weighted by molar-refractivity contribution is 6.31. The average Bonchev–Trinajstić information content (AvgIpc) is 2.01. The van der Waals surface area contributed by atoms with Gasteiger partial charge in [0.1, 0.15) is 10.8 Å². The van der Waals surface area contributed by atoms with Crippen LogP contribution in [0.1, 0.15) is 0 Å². The zero-order chi connectivity index (χ0) is 9.90. The molecule has 1 heterocycles. The number of hydrogen-bond acceptors (Lipinski definition) is 2. The number of pyridine rings is 1. The van der Waals surface area contributed by atoms with Crippen molar-refractivity contribution < 1.29 is 17.9 Å². The fraction of sp³-hybridized carbons (Fsp3) is 0.286. The van der Waals surface area contributed by atoms with E-state index >= 15 is 0 Å². The molecule has 0 aliphatic heterocycles. The van der Waals surface area contributed by atoms with E-state index in [0.717, 1.165) is 0 Å². The summed E-state index contributed by atoms with van der Waals surface area (Å²) in [6.45, 7) is -1.35. The first-order valence-corrected chi connectivity index (χ1v) is 3.66. The second-order valence-electron chi connectivity index (χ2n) is 2.21. The van der Waals surface area contributed by atoms with Crippen LogP contribution in [-0.2, 0) is 0 Å². The number of rotatable bonds is 2. The first-order valence-electron chi connectivity index (χ1n) is 3.28. The normalized spacial score (nSPS) is 11.4. The highest BCUT2D eigenvalue weighted by Crippen LogP contribution is 2.24. The van der Waals surface area contributed by atoms with E-state index in [9.17, 15) is 13.2 Å². The number of ether oxygens (including phenoxy) is 1. The van der Waals surface area contributed by atoms with Crippen molar-refractivity contribution in [3.8, 4) is 5.75 Å². The van der Waals surface area contributed by atoms with Crippen LogP contribution in [-0.4, -0.2) is 17.8 Å². The van der Waals surface area contributed by atoms with E-state index in [0.29, 0.717) is 0 Å². The summed E-state index contributed by atoms with van der Waals surface area (Å²) in [5.74, 6) is -0.0195. The minimum absolute atomic E-state index is 0.0195. The van der Waals surface area contributed by atoms with E-state index < -0.39 is 12.8 Å². The van der Waals surface area contributed by atoms with Crippen LogP contribution >= 0.6 is 11.6 Å². The van der Waals surface area contributed by atoms with E-state index in [1.807, 2.05) is 0 Å². The topological polar surface area (TPSA) is 22.1 Å². The fourth-order valence-electron chi connectivity index (χ4n) is 0.639. The van der Waals surface area contributed by atoms with Crippen molar-refractivity contribution in [3.63, 3.8) is 0 Å². The molecule has 13 heavy (non-hydrogen) atoms. The van der Waals surface area contributed by atoms with Crippen LogP contribution in [0.2, 0.25) is 5.02 Å². The van der Waals surface area contributed by atoms with Gasteiger partial charge in [-0.2, -0.15) is 13.2 Å². The largest absolute Gasteiger partial charge is 0.482 e. The predicted molar refractivity (Wildman–Crippen MR) is 40.8 cm³/mol. The molecule has 0 fully saturated rings. The molecular formula is C7H5ClF3NO. The molecule has 0 saturated carbocycles. The van der Waals surface area contributed by atoms with E-state index in [1.165, 1.54) is 18.5 Å². The first kappa shape index (κ1) is 10.1. The molecule has 0 amide bonds. The maximum Gasteiger partial charge on any atom is 0.422 e. The zero-order valence-corrected chi connectivity index (χ0v) is 7.06. The van der Waals surface area contributed by atoms with Gasteiger partial charge in [-0.3, -0.25) is 4.98 Å². The van der Waals surface area contributed by atoms with Gasteiger partial charge in [0, 0.05) is 18.5 Å². The lowest BCUT2D eigenvalue weighted by Gasteiger charge is -2.09. The Hall–Kier alpha value is -0.970. The number of nitrogens with zero attached hydrogens (tertiary/aromatic N) is 1. The maximum absolute atomic E-state index is 11.7. The second-order valence-corrected chi connectivity index (χ2v) is 2.62. The van der Waals surface area contributed by atoms with E-state index in [1.54, 1.807) is 0 Å². The minimum Gasteiger partial charge on any atom is -0.482 e. The smallest absolute Gasteiger partial charge is 0.422 e. The lowest BCUT2D eigenvalue weighted by Crippen LogP contribution is -2.19. The minimum atomic E-state index is -4.35. The summed E-state index contributed by atoms with van der Waals surface area (Å²) in [5.41, 5.74) is 0. The van der Waals surface area contributed by atoms with Gasteiger partial charge >= 0.3 is 6.18 Å². The first-order chi connectivity index (χ1) is 5.99. The average molecular weight is 212 g/mol. The lowest BCUT2D eigenvalue weighted by molar-refractivity contribution is -0.153. The van der Waals surface area contributed by atoms with E-state index in [4.69, 9.17) is 11.6 Å². The Kier molecular flexibility index (Phi) is 2.98. The molecule has 0 saturated heterocycles. The molecule has 0 aliphatic carbocycles. The Labute approximate surface area is 77.3 Å². The van der Waals surface area contributed by atoms with E-state index in [2.05, 4.69) is 9.72 Å². The second kappa shape index (κ2) is 3.83. The van der Waals surface area contributed by atoms with Crippen molar-refractivity contribution in [2.45, 2.75) is 6.18 Å². The predicted octanol–water partition coefficient (Wildman–Crippen LogP) is 2.68. The summed E-state index contributed by atoms with van der Waals surface area (Å²) in [6, 6.07) is 1.27. The zero-order valence-electron chi connectivity index (χ0n) is 6.31. The van der Waals surface area contributed by atoms with Crippen LogP contribution in [0.5, 0.6) is 5.75 Å². The van der Waals surface area contributed by atoms with Gasteiger partial charge in [-0.1, -0.05) is 11.6 Å². The Balaban J connectivity index is 2.60. The molecule has 0 bridgehead atoms. The molecule has 1 aromatic rings. The summed E-state index contributed by atoms with van der Waals surface area (Å²) in [5, 5.41) is 0.0618. The van der Waals surface area contributed by atoms with Crippen molar-refractivity contribution in [1.29, 1.82) is 0 Å². The van der Waals surface area contributed by atoms with Crippen LogP contribution in [0.4, 0.5) is 13.2 Å². The third-order valence-electron chi connectivity index (χ3n) is 1.13. The highest BCUT2D eigenvalue weighted by Gasteiger charge is 2.28. The maximum atomic E-state index is 11.7. The molecule has 0 aliphatic rings. The van der Waals surface area contributed by atoms with E-state index in [-0.39, 0.29) is 10.8 Å². The van der Waals surface area contributed by atoms with Crippen molar-refractivity contribution in [1.82, 2.24) is 4.98 Å². The molecule has 1 aromatic heterocycles. The van der Waals surface area contributed by atoms with Gasteiger partial charge in [0.25, 0.3) is 0 Å². The molecule has 0 spiro atoms. The third kappa shape index (κ3) is 3.50. The lowest BCUT2D eigenvalue weighted by atomic mass is 10.4. The molecule has 6 heteroatoms. The van der Waals surface area contributed by atoms with Crippen LogP contribution < -0.4 is 4.74 Å². The number of hydrogen-bond donors (Lipinski definition) is 0. The molecule has 0 aromatic carbocycles. The fourth-order valence-corrected chi connectivity index (χ4v) is 0.813. The summed E-state index contributed by atoms with van der Waals surface area (Å²) in [4.78, 5) is 3.60. The summed E-state index contributed by atoms with van der Waals surface area (Å²) in [6.07, 6.45) is -1.84. The van der Waals surface area contributed by atoms with Gasteiger partial charge < -0.3 is 4.74 Å². The molecule has 0 radical (unpaired) electrons. The van der Waals surface area contributed by atoms with Gasteiger partial charge in [-0.15, -0.1) is 0 Å². The molecule has 0 atom stereocenters. The Bertz CT molecular complexity index is 289. The Morgan fingerprint density at radius 1 is 1.46 bits per heavy atom. The van der Waals surface area contributed by atoms with Crippen molar-refractivity contribution in [2.75, 3.05) is 6.61 Å². The molecule has 72 valence electrons. The third-order valence-corrected chi connectivity index (χ3v) is 1.41. The SMILES string of the molecule is FC(F)(F)COc1ccncc1Cl. The van der Waals surface area contributed by atoms with Crippen LogP contribution in [0.15, 0.2) is 18.5 Å². The molecule has 1 rings (SSSR count). The van der Waals surface area contributed by atoms with Gasteiger partial charge in [0.2, 0.25) is 0 Å². The van der Waals surface area contributed by atoms with Gasteiger partial charge in [0.05, 0.1) is 0 Å². The van der Waals surface area contributed by atoms with Gasteiger partial charge in [-0.05, 0) is 0 Å². The van der Waals surface area contributed by atoms with Crippen LogP contribution in [0.25, 0.3) is 0 Å². The Morgan fingerprint density at radius 3 is 2.69 bits per heavy atom. The summed E-state index contributed by atoms with van der Waals surface area (Å²) in [7, 11) is 0. The monoisotopic (exact) mass is 211 g/mol. The molecule has 0 unspecified atom stereocenters. The Morgan fingerprint density at radius 2 is 2.15 bits per heavy atom. The molecular weight excluding hydrogens is 207 g/mol. The summed E-state index contributed by atoms with van der Waals surface area (Å²) < 4.78 is 39.5. The van der Waals surface area contributed by atoms with Crippen LogP contribution in [0, 0.1) is 0 Å². The summed E-state index contributed by atoms with van der Waals surface area (Å²) >= 11 is 5.50. The van der Waals surface area contributed by atoms with Gasteiger partial charge in [0.15, 0.2) is 6.61 Å². The number of alkyl halides is 3. The van der Waals surface area contributed by atoms with Gasteiger partial charge in [-0.25, -0.2) is 0 Å².